The normalized spacial score (nSPS) is 11.7. The Kier molecular flexibility index (Phi) is 4.34. The van der Waals surface area contributed by atoms with Crippen molar-refractivity contribution in [3.8, 4) is 11.5 Å². The Bertz CT molecular complexity index is 589. The van der Waals surface area contributed by atoms with Gasteiger partial charge in [-0.25, -0.2) is 0 Å². The van der Waals surface area contributed by atoms with Crippen LogP contribution < -0.4 is 4.74 Å². The molecule has 0 aromatic heterocycles. The average Bonchev–Trinajstić information content (AvgIpc) is 2.46. The third kappa shape index (κ3) is 4.00. The summed E-state index contributed by atoms with van der Waals surface area (Å²) in [5, 5.41) is 11.7. The molecule has 0 aliphatic heterocycles. The number of hydrogen-bond acceptors (Lipinski definition) is 3. The first-order valence-electron chi connectivity index (χ1n) is 5.97. The second-order valence-electron chi connectivity index (χ2n) is 4.06. The molecule has 19 heavy (non-hydrogen) atoms. The Labute approximate surface area is 112 Å². The van der Waals surface area contributed by atoms with E-state index in [0.29, 0.717) is 5.71 Å². The Hall–Kier alpha value is -2.55. The van der Waals surface area contributed by atoms with E-state index in [2.05, 4.69) is 5.16 Å². The van der Waals surface area contributed by atoms with E-state index in [4.69, 9.17) is 9.94 Å². The van der Waals surface area contributed by atoms with Gasteiger partial charge in [0.25, 0.3) is 0 Å². The summed E-state index contributed by atoms with van der Waals surface area (Å²) in [7, 11) is 0. The largest absolute Gasteiger partial charge is 0.457 e. The molecule has 2 rings (SSSR count). The maximum atomic E-state index is 8.57. The van der Waals surface area contributed by atoms with E-state index in [-0.39, 0.29) is 0 Å². The predicted octanol–water partition coefficient (Wildman–Crippen LogP) is 4.34. The third-order valence-electron chi connectivity index (χ3n) is 2.51. The fourth-order valence-electron chi connectivity index (χ4n) is 1.56. The van der Waals surface area contributed by atoms with Crippen molar-refractivity contribution in [3.63, 3.8) is 0 Å². The molecule has 0 fully saturated rings. The van der Waals surface area contributed by atoms with E-state index in [1.165, 1.54) is 0 Å². The zero-order chi connectivity index (χ0) is 13.5. The van der Waals surface area contributed by atoms with Crippen LogP contribution in [0.3, 0.4) is 0 Å². The predicted molar refractivity (Wildman–Crippen MR) is 76.9 cm³/mol. The zero-order valence-electron chi connectivity index (χ0n) is 10.7. The van der Waals surface area contributed by atoms with Crippen LogP contribution in [0.2, 0.25) is 0 Å². The molecule has 0 atom stereocenters. The van der Waals surface area contributed by atoms with Crippen LogP contribution in [0.1, 0.15) is 12.5 Å². The molecule has 0 aliphatic carbocycles. The van der Waals surface area contributed by atoms with Gasteiger partial charge in [0.2, 0.25) is 0 Å². The molecule has 0 amide bonds. The second kappa shape index (κ2) is 6.40. The van der Waals surface area contributed by atoms with Gasteiger partial charge in [0.15, 0.2) is 0 Å². The first-order valence-corrected chi connectivity index (χ1v) is 5.97. The Balaban J connectivity index is 2.14. The van der Waals surface area contributed by atoms with E-state index in [9.17, 15) is 0 Å². The molecular formula is C16H15NO2. The number of allylic oxidation sites excluding steroid dienone is 1. The highest BCUT2D eigenvalue weighted by atomic mass is 16.5. The minimum atomic E-state index is 0.550. The molecule has 0 bridgehead atoms. The molecule has 0 spiro atoms. The lowest BCUT2D eigenvalue weighted by Crippen LogP contribution is -1.85. The quantitative estimate of drug-likeness (QED) is 0.500. The molecule has 0 radical (unpaired) electrons. The van der Waals surface area contributed by atoms with Crippen LogP contribution in [0.15, 0.2) is 65.8 Å². The van der Waals surface area contributed by atoms with Crippen molar-refractivity contribution in [1.29, 1.82) is 0 Å². The zero-order valence-corrected chi connectivity index (χ0v) is 10.7. The van der Waals surface area contributed by atoms with Crippen LogP contribution >= 0.6 is 0 Å². The smallest absolute Gasteiger partial charge is 0.128 e. The van der Waals surface area contributed by atoms with Gasteiger partial charge in [0, 0.05) is 0 Å². The Morgan fingerprint density at radius 2 is 1.79 bits per heavy atom. The van der Waals surface area contributed by atoms with Crippen molar-refractivity contribution >= 4 is 11.8 Å². The van der Waals surface area contributed by atoms with E-state index < -0.39 is 0 Å². The molecule has 3 nitrogen and oxygen atoms in total. The lowest BCUT2D eigenvalue weighted by molar-refractivity contribution is 0.319. The molecule has 96 valence electrons. The summed E-state index contributed by atoms with van der Waals surface area (Å²) in [6.07, 6.45) is 3.61. The van der Waals surface area contributed by atoms with Crippen molar-refractivity contribution in [2.75, 3.05) is 0 Å². The number of nitrogens with zero attached hydrogens (tertiary/aromatic N) is 1. The average molecular weight is 253 g/mol. The van der Waals surface area contributed by atoms with Gasteiger partial charge in [-0.05, 0) is 42.8 Å². The van der Waals surface area contributed by atoms with Crippen molar-refractivity contribution in [2.45, 2.75) is 6.92 Å². The summed E-state index contributed by atoms with van der Waals surface area (Å²) in [6.45, 7) is 1.72. The maximum Gasteiger partial charge on any atom is 0.128 e. The SMILES string of the molecule is CC(/C=C/c1cccc(Oc2ccccc2)c1)=N\O. The highest BCUT2D eigenvalue weighted by Crippen LogP contribution is 2.22. The van der Waals surface area contributed by atoms with Crippen LogP contribution in [0, 0.1) is 0 Å². The van der Waals surface area contributed by atoms with Crippen molar-refractivity contribution in [2.24, 2.45) is 5.16 Å². The number of rotatable bonds is 4. The van der Waals surface area contributed by atoms with E-state index in [1.54, 1.807) is 13.0 Å². The summed E-state index contributed by atoms with van der Waals surface area (Å²) in [5.74, 6) is 1.57. The van der Waals surface area contributed by atoms with Gasteiger partial charge in [-0.15, -0.1) is 0 Å². The van der Waals surface area contributed by atoms with E-state index in [1.807, 2.05) is 60.7 Å². The first kappa shape index (κ1) is 12.9. The fourth-order valence-corrected chi connectivity index (χ4v) is 1.56. The van der Waals surface area contributed by atoms with Gasteiger partial charge in [0.1, 0.15) is 11.5 Å². The lowest BCUT2D eigenvalue weighted by Gasteiger charge is -2.05. The third-order valence-corrected chi connectivity index (χ3v) is 2.51. The molecule has 0 saturated heterocycles. The number of para-hydroxylation sites is 1. The van der Waals surface area contributed by atoms with E-state index >= 15 is 0 Å². The van der Waals surface area contributed by atoms with Crippen LogP contribution in [0.4, 0.5) is 0 Å². The van der Waals surface area contributed by atoms with Crippen molar-refractivity contribution in [1.82, 2.24) is 0 Å². The molecule has 0 heterocycles. The van der Waals surface area contributed by atoms with Crippen LogP contribution in [0.25, 0.3) is 6.08 Å². The summed E-state index contributed by atoms with van der Waals surface area (Å²) < 4.78 is 5.74. The first-order chi connectivity index (χ1) is 9.28. The number of ether oxygens (including phenoxy) is 1. The molecule has 0 unspecified atom stereocenters. The molecule has 0 aliphatic rings. The Morgan fingerprint density at radius 3 is 2.53 bits per heavy atom. The van der Waals surface area contributed by atoms with E-state index in [0.717, 1.165) is 17.1 Å². The summed E-state index contributed by atoms with van der Waals surface area (Å²) in [5.41, 5.74) is 1.53. The highest BCUT2D eigenvalue weighted by Gasteiger charge is 1.97. The molecular weight excluding hydrogens is 238 g/mol. The lowest BCUT2D eigenvalue weighted by atomic mass is 10.2. The molecule has 0 saturated carbocycles. The van der Waals surface area contributed by atoms with Crippen molar-refractivity contribution < 1.29 is 9.94 Å². The summed E-state index contributed by atoms with van der Waals surface area (Å²) in [6, 6.07) is 17.3. The van der Waals surface area contributed by atoms with Gasteiger partial charge in [-0.1, -0.05) is 41.6 Å². The number of hydrogen-bond donors (Lipinski definition) is 1. The minimum Gasteiger partial charge on any atom is -0.457 e. The molecule has 1 N–H and O–H groups in total. The highest BCUT2D eigenvalue weighted by molar-refractivity contribution is 5.95. The fraction of sp³-hybridized carbons (Fsp3) is 0.0625. The van der Waals surface area contributed by atoms with Crippen molar-refractivity contribution in [3.05, 3.63) is 66.2 Å². The van der Waals surface area contributed by atoms with Gasteiger partial charge in [0.05, 0.1) is 5.71 Å². The maximum absolute atomic E-state index is 8.57. The topological polar surface area (TPSA) is 41.8 Å². The molecule has 2 aromatic rings. The van der Waals surface area contributed by atoms with Crippen LogP contribution in [0.5, 0.6) is 11.5 Å². The molecule has 2 aromatic carbocycles. The standard InChI is InChI=1S/C16H15NO2/c1-13(17-18)10-11-14-6-5-9-16(12-14)19-15-7-3-2-4-8-15/h2-12,18H,1H3/b11-10+,17-13+. The van der Waals surface area contributed by atoms with Gasteiger partial charge >= 0.3 is 0 Å². The van der Waals surface area contributed by atoms with Gasteiger partial charge < -0.3 is 9.94 Å². The van der Waals surface area contributed by atoms with Gasteiger partial charge in [-0.2, -0.15) is 0 Å². The monoisotopic (exact) mass is 253 g/mol. The molecule has 3 heteroatoms. The summed E-state index contributed by atoms with van der Waals surface area (Å²) >= 11 is 0. The number of benzene rings is 2. The van der Waals surface area contributed by atoms with Crippen LogP contribution in [-0.2, 0) is 0 Å². The number of oxime groups is 1. The second-order valence-corrected chi connectivity index (χ2v) is 4.06. The Morgan fingerprint density at radius 1 is 1.05 bits per heavy atom. The minimum absolute atomic E-state index is 0.550. The van der Waals surface area contributed by atoms with Crippen LogP contribution in [-0.4, -0.2) is 10.9 Å². The summed E-state index contributed by atoms with van der Waals surface area (Å²) in [4.78, 5) is 0. The van der Waals surface area contributed by atoms with Gasteiger partial charge in [-0.3, -0.25) is 0 Å².